The monoisotopic (exact) mass is 292 g/mol. The van der Waals surface area contributed by atoms with Crippen molar-refractivity contribution in [3.05, 3.63) is 0 Å². The van der Waals surface area contributed by atoms with Gasteiger partial charge in [-0.05, 0) is 0 Å². The van der Waals surface area contributed by atoms with E-state index in [1.165, 1.54) is 0 Å². The molecule has 18 heavy (non-hydrogen) atoms. The summed E-state index contributed by atoms with van der Waals surface area (Å²) in [5.74, 6) is -14.3. The maximum Gasteiger partial charge on any atom is 0.453 e. The van der Waals surface area contributed by atoms with Gasteiger partial charge in [-0.25, -0.2) is 13.2 Å². The van der Waals surface area contributed by atoms with Crippen LogP contribution in [-0.2, 0) is 9.47 Å². The fourth-order valence-corrected chi connectivity index (χ4v) is 1.22. The Labute approximate surface area is 93.6 Å². The van der Waals surface area contributed by atoms with Crippen molar-refractivity contribution in [3.63, 3.8) is 0 Å². The normalized spacial score (nSPS) is 37.0. The predicted octanol–water partition coefficient (Wildman–Crippen LogP) is 3.18. The summed E-state index contributed by atoms with van der Waals surface area (Å²) >= 11 is 0. The first kappa shape index (κ1) is 15.3. The van der Waals surface area contributed by atoms with Gasteiger partial charge in [0.05, 0.1) is 0 Å². The van der Waals surface area contributed by atoms with Gasteiger partial charge in [-0.1, -0.05) is 0 Å². The maximum absolute atomic E-state index is 13.3. The molecule has 1 saturated heterocycles. The molecule has 0 amide bonds. The summed E-state index contributed by atoms with van der Waals surface area (Å²) in [4.78, 5) is 0. The van der Waals surface area contributed by atoms with E-state index in [4.69, 9.17) is 0 Å². The highest BCUT2D eigenvalue weighted by atomic mass is 19.4. The highest BCUT2D eigenvalue weighted by molar-refractivity contribution is 5.01. The first-order valence-electron chi connectivity index (χ1n) is 4.20. The Morgan fingerprint density at radius 3 is 1.44 bits per heavy atom. The Morgan fingerprint density at radius 2 is 1.28 bits per heavy atom. The van der Waals surface area contributed by atoms with Crippen LogP contribution in [-0.4, -0.2) is 36.5 Å². The molecule has 11 heteroatoms. The lowest BCUT2D eigenvalue weighted by Gasteiger charge is -2.31. The van der Waals surface area contributed by atoms with Crippen molar-refractivity contribution in [2.24, 2.45) is 0 Å². The van der Waals surface area contributed by atoms with E-state index in [0.717, 1.165) is 0 Å². The van der Waals surface area contributed by atoms with E-state index in [2.05, 4.69) is 9.47 Å². The Bertz CT molecular complexity index is 319. The first-order chi connectivity index (χ1) is 7.72. The SMILES string of the molecule is CC1(F)OC(C(F)(F)F)(C(F)(F)F)OC1(F)CF. The molecule has 2 nitrogen and oxygen atoms in total. The van der Waals surface area contributed by atoms with Crippen molar-refractivity contribution in [3.8, 4) is 0 Å². The molecule has 0 bridgehead atoms. The van der Waals surface area contributed by atoms with Gasteiger partial charge in [0.25, 0.3) is 11.7 Å². The van der Waals surface area contributed by atoms with Crippen LogP contribution < -0.4 is 0 Å². The van der Waals surface area contributed by atoms with Crippen molar-refractivity contribution < 1.29 is 49.0 Å². The van der Waals surface area contributed by atoms with Gasteiger partial charge in [-0.15, -0.1) is 0 Å². The highest BCUT2D eigenvalue weighted by Crippen LogP contribution is 2.58. The quantitative estimate of drug-likeness (QED) is 0.691. The van der Waals surface area contributed by atoms with Crippen LogP contribution in [0.3, 0.4) is 0 Å². The summed E-state index contributed by atoms with van der Waals surface area (Å²) in [6.07, 6.45) is -12.7. The van der Waals surface area contributed by atoms with Crippen LogP contribution >= 0.6 is 0 Å². The van der Waals surface area contributed by atoms with Crippen LogP contribution in [0.1, 0.15) is 6.92 Å². The van der Waals surface area contributed by atoms with E-state index in [0.29, 0.717) is 0 Å². The molecule has 0 spiro atoms. The lowest BCUT2D eigenvalue weighted by Crippen LogP contribution is -2.59. The van der Waals surface area contributed by atoms with Crippen LogP contribution in [0.15, 0.2) is 0 Å². The molecule has 0 aliphatic carbocycles. The molecule has 1 heterocycles. The van der Waals surface area contributed by atoms with Crippen molar-refractivity contribution in [1.29, 1.82) is 0 Å². The molecule has 0 radical (unpaired) electrons. The van der Waals surface area contributed by atoms with E-state index in [1.807, 2.05) is 0 Å². The molecule has 1 aliphatic heterocycles. The van der Waals surface area contributed by atoms with Crippen molar-refractivity contribution in [1.82, 2.24) is 0 Å². The van der Waals surface area contributed by atoms with E-state index >= 15 is 0 Å². The van der Waals surface area contributed by atoms with Gasteiger partial charge in [0.1, 0.15) is 0 Å². The predicted molar refractivity (Wildman–Crippen MR) is 36.3 cm³/mol. The maximum atomic E-state index is 13.3. The van der Waals surface area contributed by atoms with Gasteiger partial charge >= 0.3 is 18.1 Å². The van der Waals surface area contributed by atoms with E-state index in [1.54, 1.807) is 0 Å². The van der Waals surface area contributed by atoms with Crippen LogP contribution in [0, 0.1) is 0 Å². The number of halogens is 9. The van der Waals surface area contributed by atoms with E-state index in [9.17, 15) is 39.5 Å². The zero-order chi connectivity index (χ0) is 14.6. The molecule has 1 aliphatic rings. The molecule has 108 valence electrons. The van der Waals surface area contributed by atoms with Crippen molar-refractivity contribution in [2.45, 2.75) is 36.8 Å². The number of hydrogen-bond donors (Lipinski definition) is 0. The Hall–Kier alpha value is -0.710. The first-order valence-corrected chi connectivity index (χ1v) is 4.20. The van der Waals surface area contributed by atoms with Gasteiger partial charge in [-0.3, -0.25) is 9.47 Å². The second kappa shape index (κ2) is 3.65. The van der Waals surface area contributed by atoms with E-state index < -0.39 is 36.5 Å². The van der Waals surface area contributed by atoms with Crippen LogP contribution in [0.25, 0.3) is 0 Å². The van der Waals surface area contributed by atoms with Gasteiger partial charge in [0.15, 0.2) is 6.67 Å². The zero-order valence-electron chi connectivity index (χ0n) is 8.43. The highest BCUT2D eigenvalue weighted by Gasteiger charge is 2.85. The average Bonchev–Trinajstić information content (AvgIpc) is 2.34. The largest absolute Gasteiger partial charge is 0.453 e. The summed E-state index contributed by atoms with van der Waals surface area (Å²) < 4.78 is 118. The molecular formula is C7H5F9O2. The second-order valence-corrected chi connectivity index (χ2v) is 3.60. The van der Waals surface area contributed by atoms with Crippen LogP contribution in [0.4, 0.5) is 39.5 Å². The number of alkyl halides is 9. The Morgan fingerprint density at radius 1 is 0.889 bits per heavy atom. The summed E-state index contributed by atoms with van der Waals surface area (Å²) in [5.41, 5.74) is 0. The number of hydrogen-bond acceptors (Lipinski definition) is 2. The third kappa shape index (κ3) is 1.83. The molecule has 0 N–H and O–H groups in total. The molecule has 1 rings (SSSR count). The summed E-state index contributed by atoms with van der Waals surface area (Å²) in [5, 5.41) is 0. The molecule has 0 saturated carbocycles. The van der Waals surface area contributed by atoms with Gasteiger partial charge in [0.2, 0.25) is 0 Å². The molecule has 0 aromatic rings. The van der Waals surface area contributed by atoms with Gasteiger partial charge < -0.3 is 0 Å². The van der Waals surface area contributed by atoms with Crippen molar-refractivity contribution in [2.75, 3.05) is 6.67 Å². The zero-order valence-corrected chi connectivity index (χ0v) is 8.43. The minimum Gasteiger partial charge on any atom is -0.293 e. The molecule has 2 atom stereocenters. The number of rotatable bonds is 1. The molecule has 1 fully saturated rings. The molecular weight excluding hydrogens is 287 g/mol. The molecule has 0 aromatic heterocycles. The van der Waals surface area contributed by atoms with Gasteiger partial charge in [-0.2, -0.15) is 26.3 Å². The number of ether oxygens (including phenoxy) is 2. The lowest BCUT2D eigenvalue weighted by atomic mass is 10.2. The minimum atomic E-state index is -6.35. The standard InChI is InChI=1S/C7H5F9O2/c1-3(9)4(10,2-8)18-5(17-3,6(11,12)13)7(14,15)16/h2H2,1H3. The lowest BCUT2D eigenvalue weighted by molar-refractivity contribution is -0.458. The minimum absolute atomic E-state index is 0.133. The topological polar surface area (TPSA) is 18.5 Å². The van der Waals surface area contributed by atoms with E-state index in [-0.39, 0.29) is 6.92 Å². The summed E-state index contributed by atoms with van der Waals surface area (Å²) in [6.45, 7) is -2.72. The Kier molecular flexibility index (Phi) is 3.11. The second-order valence-electron chi connectivity index (χ2n) is 3.60. The average molecular weight is 292 g/mol. The van der Waals surface area contributed by atoms with Gasteiger partial charge in [0, 0.05) is 6.92 Å². The van der Waals surface area contributed by atoms with Crippen molar-refractivity contribution >= 4 is 0 Å². The van der Waals surface area contributed by atoms with Crippen LogP contribution in [0.2, 0.25) is 0 Å². The summed E-state index contributed by atoms with van der Waals surface area (Å²) in [7, 11) is 0. The molecule has 0 aromatic carbocycles. The third-order valence-electron chi connectivity index (χ3n) is 2.23. The smallest absolute Gasteiger partial charge is 0.293 e. The fourth-order valence-electron chi connectivity index (χ4n) is 1.22. The molecule has 2 unspecified atom stereocenters. The van der Waals surface area contributed by atoms with Crippen LogP contribution in [0.5, 0.6) is 0 Å². The fraction of sp³-hybridized carbons (Fsp3) is 1.00. The third-order valence-corrected chi connectivity index (χ3v) is 2.23. The summed E-state index contributed by atoms with van der Waals surface area (Å²) in [6, 6.07) is 0. The Balaban J connectivity index is 3.37.